The second-order valence-corrected chi connectivity index (χ2v) is 5.15. The number of fused-ring (bicyclic) bond motifs is 1. The van der Waals surface area contributed by atoms with Crippen molar-refractivity contribution in [2.75, 3.05) is 19.6 Å². The molecule has 0 saturated carbocycles. The van der Waals surface area contributed by atoms with E-state index in [1.165, 1.54) is 0 Å². The lowest BCUT2D eigenvalue weighted by Crippen LogP contribution is -2.12. The number of pyridine rings is 1. The van der Waals surface area contributed by atoms with Gasteiger partial charge in [0, 0.05) is 38.3 Å². The van der Waals surface area contributed by atoms with E-state index < -0.39 is 0 Å². The molecule has 104 valence electrons. The maximum absolute atomic E-state index is 5.89. The fraction of sp³-hybridized carbons (Fsp3) is 0.571. The van der Waals surface area contributed by atoms with Gasteiger partial charge in [-0.1, -0.05) is 0 Å². The lowest BCUT2D eigenvalue weighted by atomic mass is 10.2. The molecule has 2 heterocycles. The van der Waals surface area contributed by atoms with Crippen molar-refractivity contribution in [2.45, 2.75) is 32.7 Å². The van der Waals surface area contributed by atoms with Crippen LogP contribution >= 0.6 is 11.6 Å². The molecule has 0 bridgehead atoms. The number of aromatic nitrogens is 3. The summed E-state index contributed by atoms with van der Waals surface area (Å²) in [5.74, 6) is 1.58. The molecule has 0 aliphatic carbocycles. The smallest absolute Gasteiger partial charge is 0.160 e. The van der Waals surface area contributed by atoms with E-state index in [9.17, 15) is 0 Å². The van der Waals surface area contributed by atoms with E-state index in [4.69, 9.17) is 21.3 Å². The number of ether oxygens (including phenoxy) is 1. The zero-order chi connectivity index (χ0) is 13.8. The molecule has 2 rings (SSSR count). The number of rotatable bonds is 6. The molecule has 0 spiro atoms. The number of methoxy groups -OCH3 is 1. The largest absolute Gasteiger partial charge is 0.385 e. The molecule has 0 amide bonds. The summed E-state index contributed by atoms with van der Waals surface area (Å²) in [6.07, 6.45) is 3.53. The highest BCUT2D eigenvalue weighted by molar-refractivity contribution is 6.17. The first kappa shape index (κ1) is 14.3. The Morgan fingerprint density at radius 1 is 1.47 bits per heavy atom. The standard InChI is InChI=1S/C14H20ClN3O/c1-10-5-8-16-14-13(10)17-12(4-7-15)18(14)11(2)6-9-19-3/h5,8,11H,4,6-7,9H2,1-3H3. The van der Waals surface area contributed by atoms with E-state index in [0.29, 0.717) is 11.9 Å². The molecule has 0 radical (unpaired) electrons. The molecule has 0 aliphatic rings. The first-order valence-electron chi connectivity index (χ1n) is 6.56. The summed E-state index contributed by atoms with van der Waals surface area (Å²) in [4.78, 5) is 9.20. The zero-order valence-electron chi connectivity index (χ0n) is 11.7. The van der Waals surface area contributed by atoms with Crippen LogP contribution in [0.5, 0.6) is 0 Å². The Hall–Kier alpha value is -1.13. The van der Waals surface area contributed by atoms with Crippen LogP contribution in [0.25, 0.3) is 11.2 Å². The Kier molecular flexibility index (Phi) is 4.77. The summed E-state index contributed by atoms with van der Waals surface area (Å²) in [6, 6.07) is 2.29. The van der Waals surface area contributed by atoms with Gasteiger partial charge in [-0.05, 0) is 31.9 Å². The quantitative estimate of drug-likeness (QED) is 0.764. The maximum atomic E-state index is 5.89. The van der Waals surface area contributed by atoms with Crippen molar-refractivity contribution >= 4 is 22.8 Å². The molecule has 19 heavy (non-hydrogen) atoms. The van der Waals surface area contributed by atoms with Crippen LogP contribution in [0.2, 0.25) is 0 Å². The Balaban J connectivity index is 2.48. The summed E-state index contributed by atoms with van der Waals surface area (Å²) in [6.45, 7) is 4.96. The first-order valence-corrected chi connectivity index (χ1v) is 7.09. The van der Waals surface area contributed by atoms with Gasteiger partial charge in [-0.3, -0.25) is 0 Å². The minimum Gasteiger partial charge on any atom is -0.385 e. The van der Waals surface area contributed by atoms with Gasteiger partial charge in [0.1, 0.15) is 11.3 Å². The maximum Gasteiger partial charge on any atom is 0.160 e. The average Bonchev–Trinajstić information content (AvgIpc) is 2.76. The van der Waals surface area contributed by atoms with Gasteiger partial charge >= 0.3 is 0 Å². The van der Waals surface area contributed by atoms with Gasteiger partial charge < -0.3 is 9.30 Å². The summed E-state index contributed by atoms with van der Waals surface area (Å²) >= 11 is 5.89. The SMILES string of the molecule is COCCC(C)n1c(CCCl)nc2c(C)ccnc21. The first-order chi connectivity index (χ1) is 9.19. The number of nitrogens with zero attached hydrogens (tertiary/aromatic N) is 3. The van der Waals surface area contributed by atoms with Crippen molar-refractivity contribution < 1.29 is 4.74 Å². The molecule has 5 heteroatoms. The molecule has 0 fully saturated rings. The molecular formula is C14H20ClN3O. The summed E-state index contributed by atoms with van der Waals surface area (Å²) in [5.41, 5.74) is 3.08. The molecular weight excluding hydrogens is 262 g/mol. The van der Waals surface area contributed by atoms with Gasteiger partial charge in [-0.15, -0.1) is 11.6 Å². The third-order valence-corrected chi connectivity index (χ3v) is 3.54. The normalized spacial score (nSPS) is 13.1. The fourth-order valence-electron chi connectivity index (χ4n) is 2.30. The molecule has 0 saturated heterocycles. The van der Waals surface area contributed by atoms with E-state index in [1.54, 1.807) is 7.11 Å². The van der Waals surface area contributed by atoms with Crippen molar-refractivity contribution in [3.63, 3.8) is 0 Å². The number of alkyl halides is 1. The summed E-state index contributed by atoms with van der Waals surface area (Å²) < 4.78 is 7.36. The highest BCUT2D eigenvalue weighted by Gasteiger charge is 2.17. The molecule has 0 aliphatic heterocycles. The van der Waals surface area contributed by atoms with Crippen LogP contribution in [0.4, 0.5) is 0 Å². The van der Waals surface area contributed by atoms with Gasteiger partial charge in [-0.2, -0.15) is 0 Å². The molecule has 4 nitrogen and oxygen atoms in total. The third-order valence-electron chi connectivity index (χ3n) is 3.35. The lowest BCUT2D eigenvalue weighted by molar-refractivity contribution is 0.181. The van der Waals surface area contributed by atoms with Crippen molar-refractivity contribution in [3.8, 4) is 0 Å². The van der Waals surface area contributed by atoms with Crippen LogP contribution in [0, 0.1) is 6.92 Å². The third kappa shape index (κ3) is 2.90. The van der Waals surface area contributed by atoms with Crippen LogP contribution in [-0.4, -0.2) is 34.1 Å². The van der Waals surface area contributed by atoms with E-state index in [0.717, 1.165) is 42.0 Å². The number of aryl methyl sites for hydroxylation is 2. The van der Waals surface area contributed by atoms with Gasteiger partial charge in [0.05, 0.1) is 0 Å². The Labute approximate surface area is 118 Å². The van der Waals surface area contributed by atoms with Gasteiger partial charge in [0.25, 0.3) is 0 Å². The molecule has 0 aromatic carbocycles. The van der Waals surface area contributed by atoms with Crippen LogP contribution < -0.4 is 0 Å². The second-order valence-electron chi connectivity index (χ2n) is 4.77. The molecule has 1 atom stereocenters. The Bertz CT molecular complexity index is 553. The van der Waals surface area contributed by atoms with E-state index in [-0.39, 0.29) is 0 Å². The Morgan fingerprint density at radius 3 is 2.95 bits per heavy atom. The summed E-state index contributed by atoms with van der Waals surface area (Å²) in [7, 11) is 1.72. The highest BCUT2D eigenvalue weighted by Crippen LogP contribution is 2.24. The number of hydrogen-bond acceptors (Lipinski definition) is 3. The van der Waals surface area contributed by atoms with Crippen molar-refractivity contribution in [2.24, 2.45) is 0 Å². The van der Waals surface area contributed by atoms with Crippen molar-refractivity contribution in [3.05, 3.63) is 23.7 Å². The monoisotopic (exact) mass is 281 g/mol. The molecule has 2 aromatic heterocycles. The fourth-order valence-corrected chi connectivity index (χ4v) is 2.47. The van der Waals surface area contributed by atoms with E-state index in [2.05, 4.69) is 23.4 Å². The van der Waals surface area contributed by atoms with Gasteiger partial charge in [-0.25, -0.2) is 9.97 Å². The second kappa shape index (κ2) is 6.35. The number of imidazole rings is 1. The zero-order valence-corrected chi connectivity index (χ0v) is 12.4. The summed E-state index contributed by atoms with van der Waals surface area (Å²) in [5, 5.41) is 0. The minimum absolute atomic E-state index is 0.303. The number of halogens is 1. The van der Waals surface area contributed by atoms with Crippen LogP contribution in [0.1, 0.15) is 30.8 Å². The minimum atomic E-state index is 0.303. The van der Waals surface area contributed by atoms with Crippen molar-refractivity contribution in [1.29, 1.82) is 0 Å². The predicted octanol–water partition coefficient (Wildman–Crippen LogP) is 3.12. The highest BCUT2D eigenvalue weighted by atomic mass is 35.5. The molecule has 1 unspecified atom stereocenters. The molecule has 2 aromatic rings. The van der Waals surface area contributed by atoms with Gasteiger partial charge in [0.15, 0.2) is 5.65 Å². The van der Waals surface area contributed by atoms with Crippen LogP contribution in [0.3, 0.4) is 0 Å². The Morgan fingerprint density at radius 2 is 2.26 bits per heavy atom. The van der Waals surface area contributed by atoms with Crippen molar-refractivity contribution in [1.82, 2.24) is 14.5 Å². The van der Waals surface area contributed by atoms with Crippen LogP contribution in [-0.2, 0) is 11.2 Å². The van der Waals surface area contributed by atoms with E-state index >= 15 is 0 Å². The van der Waals surface area contributed by atoms with Gasteiger partial charge in [0.2, 0.25) is 0 Å². The average molecular weight is 282 g/mol. The lowest BCUT2D eigenvalue weighted by Gasteiger charge is -2.16. The van der Waals surface area contributed by atoms with Crippen LogP contribution in [0.15, 0.2) is 12.3 Å². The predicted molar refractivity (Wildman–Crippen MR) is 77.9 cm³/mol. The topological polar surface area (TPSA) is 39.9 Å². The number of hydrogen-bond donors (Lipinski definition) is 0. The van der Waals surface area contributed by atoms with E-state index in [1.807, 2.05) is 12.3 Å². The molecule has 0 N–H and O–H groups in total.